The number of rotatable bonds is 5. The van der Waals surface area contributed by atoms with E-state index in [1.807, 2.05) is 19.1 Å². The number of ether oxygens (including phenoxy) is 1. The third-order valence-electron chi connectivity index (χ3n) is 4.35. The minimum absolute atomic E-state index is 0.515. The van der Waals surface area contributed by atoms with E-state index in [9.17, 15) is 5.11 Å². The van der Waals surface area contributed by atoms with Crippen molar-refractivity contribution in [1.82, 2.24) is 0 Å². The molecular weight excluding hydrogens is 250 g/mol. The Morgan fingerprint density at radius 1 is 1.30 bits per heavy atom. The van der Waals surface area contributed by atoms with Crippen LogP contribution in [0.4, 0.5) is 5.69 Å². The quantitative estimate of drug-likeness (QED) is 0.885. The fourth-order valence-electron chi connectivity index (χ4n) is 3.40. The monoisotopic (exact) mass is 277 g/mol. The molecule has 3 heteroatoms. The maximum Gasteiger partial charge on any atom is 0.126 e. The van der Waals surface area contributed by atoms with Crippen LogP contribution in [0.2, 0.25) is 0 Å². The van der Waals surface area contributed by atoms with Crippen LogP contribution in [0, 0.1) is 0 Å². The van der Waals surface area contributed by atoms with Gasteiger partial charge in [0.2, 0.25) is 0 Å². The zero-order valence-electron chi connectivity index (χ0n) is 12.9. The summed E-state index contributed by atoms with van der Waals surface area (Å²) in [6, 6.07) is 6.66. The Morgan fingerprint density at radius 2 is 2.00 bits per heavy atom. The van der Waals surface area contributed by atoms with Gasteiger partial charge in [0.15, 0.2) is 0 Å². The van der Waals surface area contributed by atoms with Crippen molar-refractivity contribution in [2.75, 3.05) is 18.6 Å². The molecular formula is C17H27NO2. The Labute approximate surface area is 122 Å². The second kappa shape index (κ2) is 6.98. The van der Waals surface area contributed by atoms with Crippen LogP contribution in [-0.2, 0) is 0 Å². The molecule has 1 fully saturated rings. The lowest BCUT2D eigenvalue weighted by atomic mass is 9.93. The first-order chi connectivity index (χ1) is 9.69. The number of aliphatic hydroxyl groups excluding tert-OH is 1. The molecule has 0 aromatic heterocycles. The van der Waals surface area contributed by atoms with Gasteiger partial charge in [-0.05, 0) is 38.8 Å². The Kier molecular flexibility index (Phi) is 5.30. The summed E-state index contributed by atoms with van der Waals surface area (Å²) in [4.78, 5) is 2.45. The molecule has 112 valence electrons. The number of benzene rings is 1. The highest BCUT2D eigenvalue weighted by Gasteiger charge is 2.24. The minimum atomic E-state index is -0.515. The predicted molar refractivity (Wildman–Crippen MR) is 83.5 cm³/mol. The number of nitrogens with zero attached hydrogens (tertiary/aromatic N) is 1. The van der Waals surface area contributed by atoms with Crippen LogP contribution in [0.15, 0.2) is 18.2 Å². The van der Waals surface area contributed by atoms with Crippen molar-refractivity contribution in [3.8, 4) is 5.75 Å². The molecule has 0 heterocycles. The smallest absolute Gasteiger partial charge is 0.126 e. The summed E-state index contributed by atoms with van der Waals surface area (Å²) in [7, 11) is 1.67. The Morgan fingerprint density at radius 3 is 2.55 bits per heavy atom. The van der Waals surface area contributed by atoms with Crippen LogP contribution in [0.25, 0.3) is 0 Å². The molecule has 0 aliphatic heterocycles. The second-order valence-electron chi connectivity index (χ2n) is 5.65. The SMILES string of the molecule is CCN(c1cccc(OC)c1C(C)O)C1CCCCC1. The second-order valence-corrected chi connectivity index (χ2v) is 5.65. The first-order valence-electron chi connectivity index (χ1n) is 7.80. The van der Waals surface area contributed by atoms with Gasteiger partial charge in [-0.3, -0.25) is 0 Å². The lowest BCUT2D eigenvalue weighted by Crippen LogP contribution is -2.37. The van der Waals surface area contributed by atoms with Gasteiger partial charge in [-0.1, -0.05) is 25.3 Å². The van der Waals surface area contributed by atoms with Crippen LogP contribution < -0.4 is 9.64 Å². The van der Waals surface area contributed by atoms with E-state index in [0.717, 1.165) is 23.5 Å². The Balaban J connectivity index is 2.37. The van der Waals surface area contributed by atoms with Crippen LogP contribution in [-0.4, -0.2) is 24.8 Å². The van der Waals surface area contributed by atoms with E-state index in [1.54, 1.807) is 7.11 Å². The highest BCUT2D eigenvalue weighted by Crippen LogP contribution is 2.37. The molecule has 1 unspecified atom stereocenters. The average Bonchev–Trinajstić information content (AvgIpc) is 2.48. The molecule has 1 saturated carbocycles. The summed E-state index contributed by atoms with van der Waals surface area (Å²) in [6.07, 6.45) is 5.98. The molecule has 1 aliphatic carbocycles. The summed E-state index contributed by atoms with van der Waals surface area (Å²) in [5, 5.41) is 10.2. The summed E-state index contributed by atoms with van der Waals surface area (Å²) in [6.45, 7) is 4.98. The normalized spacial score (nSPS) is 17.8. The first kappa shape index (κ1) is 15.2. The number of methoxy groups -OCH3 is 1. The van der Waals surface area contributed by atoms with E-state index < -0.39 is 6.10 Å². The van der Waals surface area contributed by atoms with E-state index in [0.29, 0.717) is 6.04 Å². The lowest BCUT2D eigenvalue weighted by Gasteiger charge is -2.37. The Bertz CT molecular complexity index is 425. The van der Waals surface area contributed by atoms with E-state index in [4.69, 9.17) is 4.74 Å². The number of anilines is 1. The van der Waals surface area contributed by atoms with Crippen molar-refractivity contribution in [3.63, 3.8) is 0 Å². The molecule has 20 heavy (non-hydrogen) atoms. The van der Waals surface area contributed by atoms with E-state index >= 15 is 0 Å². The van der Waals surface area contributed by atoms with E-state index in [1.165, 1.54) is 32.1 Å². The minimum Gasteiger partial charge on any atom is -0.496 e. The van der Waals surface area contributed by atoms with E-state index in [2.05, 4.69) is 17.9 Å². The zero-order valence-corrected chi connectivity index (χ0v) is 12.9. The molecule has 0 bridgehead atoms. The van der Waals surface area contributed by atoms with Crippen molar-refractivity contribution in [3.05, 3.63) is 23.8 Å². The fraction of sp³-hybridized carbons (Fsp3) is 0.647. The number of aliphatic hydroxyl groups is 1. The van der Waals surface area contributed by atoms with Gasteiger partial charge in [-0.25, -0.2) is 0 Å². The summed E-state index contributed by atoms with van der Waals surface area (Å²) in [5.74, 6) is 0.784. The largest absolute Gasteiger partial charge is 0.496 e. The van der Waals surface area contributed by atoms with Crippen molar-refractivity contribution in [2.24, 2.45) is 0 Å². The summed E-state index contributed by atoms with van der Waals surface area (Å²) < 4.78 is 5.44. The van der Waals surface area contributed by atoms with Gasteiger partial charge < -0.3 is 14.7 Å². The summed E-state index contributed by atoms with van der Waals surface area (Å²) >= 11 is 0. The maximum absolute atomic E-state index is 10.2. The maximum atomic E-state index is 10.2. The molecule has 0 saturated heterocycles. The van der Waals surface area contributed by atoms with Crippen molar-refractivity contribution < 1.29 is 9.84 Å². The molecule has 0 amide bonds. The van der Waals surface area contributed by atoms with Gasteiger partial charge in [0, 0.05) is 23.8 Å². The molecule has 2 rings (SSSR count). The van der Waals surface area contributed by atoms with Crippen LogP contribution in [0.5, 0.6) is 5.75 Å². The van der Waals surface area contributed by atoms with Gasteiger partial charge >= 0.3 is 0 Å². The molecule has 1 aliphatic rings. The van der Waals surface area contributed by atoms with E-state index in [-0.39, 0.29) is 0 Å². The molecule has 0 radical (unpaired) electrons. The third kappa shape index (κ3) is 3.09. The standard InChI is InChI=1S/C17H27NO2/c1-4-18(14-9-6-5-7-10-14)15-11-8-12-16(20-3)17(15)13(2)19/h8,11-14,19H,4-7,9-10H2,1-3H3. The number of hydrogen-bond acceptors (Lipinski definition) is 3. The summed E-state index contributed by atoms with van der Waals surface area (Å²) in [5.41, 5.74) is 2.05. The van der Waals surface area contributed by atoms with Gasteiger partial charge in [0.1, 0.15) is 5.75 Å². The highest BCUT2D eigenvalue weighted by atomic mass is 16.5. The van der Waals surface area contributed by atoms with Crippen LogP contribution in [0.1, 0.15) is 57.6 Å². The molecule has 1 aromatic carbocycles. The van der Waals surface area contributed by atoms with Crippen molar-refractivity contribution in [2.45, 2.75) is 58.1 Å². The van der Waals surface area contributed by atoms with Crippen molar-refractivity contribution in [1.29, 1.82) is 0 Å². The molecule has 3 nitrogen and oxygen atoms in total. The van der Waals surface area contributed by atoms with Crippen LogP contribution in [0.3, 0.4) is 0 Å². The molecule has 1 N–H and O–H groups in total. The molecule has 1 atom stereocenters. The predicted octanol–water partition coefficient (Wildman–Crippen LogP) is 3.91. The van der Waals surface area contributed by atoms with Gasteiger partial charge in [-0.2, -0.15) is 0 Å². The van der Waals surface area contributed by atoms with Gasteiger partial charge in [0.25, 0.3) is 0 Å². The van der Waals surface area contributed by atoms with Gasteiger partial charge in [-0.15, -0.1) is 0 Å². The lowest BCUT2D eigenvalue weighted by molar-refractivity contribution is 0.194. The first-order valence-corrected chi connectivity index (χ1v) is 7.80. The van der Waals surface area contributed by atoms with Crippen molar-refractivity contribution >= 4 is 5.69 Å². The fourth-order valence-corrected chi connectivity index (χ4v) is 3.40. The van der Waals surface area contributed by atoms with Gasteiger partial charge in [0.05, 0.1) is 13.2 Å². The highest BCUT2D eigenvalue weighted by molar-refractivity contribution is 5.61. The average molecular weight is 277 g/mol. The zero-order chi connectivity index (χ0) is 14.5. The third-order valence-corrected chi connectivity index (χ3v) is 4.35. The number of hydrogen-bond donors (Lipinski definition) is 1. The van der Waals surface area contributed by atoms with Crippen LogP contribution >= 0.6 is 0 Å². The molecule has 0 spiro atoms. The topological polar surface area (TPSA) is 32.7 Å². The molecule has 1 aromatic rings. The Hall–Kier alpha value is -1.22.